The molecule has 0 aliphatic carbocycles. The van der Waals surface area contributed by atoms with Gasteiger partial charge in [0.05, 0.1) is 0 Å². The van der Waals surface area contributed by atoms with Crippen molar-refractivity contribution in [2.24, 2.45) is 0 Å². The Kier molecular flexibility index (Phi) is 9.69. The molecular weight excluding hydrogens is 114 g/mol. The van der Waals surface area contributed by atoms with Gasteiger partial charge in [-0.2, -0.15) is 0 Å². The van der Waals surface area contributed by atoms with E-state index in [0.717, 1.165) is 6.54 Å². The second-order valence-electron chi connectivity index (χ2n) is 2.30. The number of rotatable bonds is 1. The minimum Gasteiger partial charge on any atom is -0.310 e. The van der Waals surface area contributed by atoms with E-state index < -0.39 is 0 Å². The molecule has 0 spiro atoms. The van der Waals surface area contributed by atoms with E-state index in [4.69, 9.17) is 0 Å². The Labute approximate surface area is 57.9 Å². The van der Waals surface area contributed by atoms with Crippen LogP contribution in [-0.2, 0) is 4.79 Å². The molecule has 0 unspecified atom stereocenters. The molecule has 0 aromatic carbocycles. The van der Waals surface area contributed by atoms with Gasteiger partial charge in [-0.1, -0.05) is 6.92 Å². The molecule has 0 saturated heterocycles. The molecule has 0 aromatic rings. The molecule has 0 saturated carbocycles. The number of nitrogens with zero attached hydrogens (tertiary/aromatic N) is 1. The van der Waals surface area contributed by atoms with Crippen molar-refractivity contribution in [1.82, 2.24) is 4.90 Å². The largest absolute Gasteiger partial charge is 0.310 e. The number of Topliss-reactive ketones (excluding diaryl/α,β-unsaturated/α-hetero) is 1. The topological polar surface area (TPSA) is 20.3 Å². The van der Waals surface area contributed by atoms with Gasteiger partial charge in [-0.25, -0.2) is 0 Å². The van der Waals surface area contributed by atoms with Gasteiger partial charge in [0.25, 0.3) is 0 Å². The molecule has 0 radical (unpaired) electrons. The van der Waals surface area contributed by atoms with Crippen LogP contribution in [0.5, 0.6) is 0 Å². The van der Waals surface area contributed by atoms with E-state index in [2.05, 4.69) is 25.9 Å². The molecule has 0 fully saturated rings. The van der Waals surface area contributed by atoms with Crippen LogP contribution in [0.25, 0.3) is 0 Å². The van der Waals surface area contributed by atoms with Crippen LogP contribution in [0.3, 0.4) is 0 Å². The average Bonchev–Trinajstić information content (AvgIpc) is 1.65. The molecule has 2 heteroatoms. The van der Waals surface area contributed by atoms with Gasteiger partial charge in [-0.15, -0.1) is 0 Å². The third kappa shape index (κ3) is 91.0. The smallest absolute Gasteiger partial charge is 0.126 e. The van der Waals surface area contributed by atoms with Crippen molar-refractivity contribution >= 4 is 5.78 Å². The van der Waals surface area contributed by atoms with Gasteiger partial charge in [0, 0.05) is 0 Å². The van der Waals surface area contributed by atoms with E-state index in [0.29, 0.717) is 0 Å². The van der Waals surface area contributed by atoms with Crippen LogP contribution in [0.4, 0.5) is 0 Å². The summed E-state index contributed by atoms with van der Waals surface area (Å²) in [5.41, 5.74) is 0. The zero-order chi connectivity index (χ0) is 7.86. The third-order valence-corrected chi connectivity index (χ3v) is 0.632. The summed E-state index contributed by atoms with van der Waals surface area (Å²) in [7, 11) is 4.11. The normalized spacial score (nSPS) is 8.22. The fourth-order valence-corrected chi connectivity index (χ4v) is 0. The predicted octanol–water partition coefficient (Wildman–Crippen LogP) is 1.16. The third-order valence-electron chi connectivity index (χ3n) is 0.632. The van der Waals surface area contributed by atoms with Gasteiger partial charge in [-0.3, -0.25) is 0 Å². The molecule has 0 atom stereocenters. The standard InChI is InChI=1S/C4H11N.C3H6O/c1-4-5(2)3;1-3(2)4/h4H2,1-3H3;1-2H3. The van der Waals surface area contributed by atoms with Gasteiger partial charge in [0.2, 0.25) is 0 Å². The van der Waals surface area contributed by atoms with Crippen molar-refractivity contribution in [3.63, 3.8) is 0 Å². The molecule has 0 bridgehead atoms. The molecule has 9 heavy (non-hydrogen) atoms. The lowest BCUT2D eigenvalue weighted by Gasteiger charge is -2.00. The van der Waals surface area contributed by atoms with Crippen molar-refractivity contribution < 1.29 is 4.79 Å². The van der Waals surface area contributed by atoms with Crippen LogP contribution in [0.2, 0.25) is 0 Å². The lowest BCUT2D eigenvalue weighted by Crippen LogP contribution is -2.08. The molecule has 2 nitrogen and oxygen atoms in total. The summed E-state index contributed by atoms with van der Waals surface area (Å²) in [6, 6.07) is 0. The van der Waals surface area contributed by atoms with E-state index in [1.165, 1.54) is 13.8 Å². The first-order valence-electron chi connectivity index (χ1n) is 3.12. The van der Waals surface area contributed by atoms with Crippen LogP contribution in [0, 0.1) is 0 Å². The summed E-state index contributed by atoms with van der Waals surface area (Å²) in [5, 5.41) is 0. The Balaban J connectivity index is 0. The highest BCUT2D eigenvalue weighted by Gasteiger charge is 1.72. The van der Waals surface area contributed by atoms with Crippen molar-refractivity contribution in [1.29, 1.82) is 0 Å². The monoisotopic (exact) mass is 131 g/mol. The molecule has 0 amide bonds. The van der Waals surface area contributed by atoms with E-state index in [1.807, 2.05) is 0 Å². The minimum absolute atomic E-state index is 0.167. The Hall–Kier alpha value is -0.370. The number of ketones is 1. The van der Waals surface area contributed by atoms with Gasteiger partial charge in [0.1, 0.15) is 5.78 Å². The van der Waals surface area contributed by atoms with E-state index in [1.54, 1.807) is 0 Å². The second kappa shape index (κ2) is 7.63. The highest BCUT2D eigenvalue weighted by atomic mass is 16.1. The number of carbonyl (C=O) groups excluding carboxylic acids is 1. The fraction of sp³-hybridized carbons (Fsp3) is 0.857. The van der Waals surface area contributed by atoms with Gasteiger partial charge in [-0.05, 0) is 34.5 Å². The summed E-state index contributed by atoms with van der Waals surface area (Å²) < 4.78 is 0. The van der Waals surface area contributed by atoms with Crippen molar-refractivity contribution in [3.8, 4) is 0 Å². The predicted molar refractivity (Wildman–Crippen MR) is 40.6 cm³/mol. The summed E-state index contributed by atoms with van der Waals surface area (Å²) in [6.07, 6.45) is 0. The van der Waals surface area contributed by atoms with Crippen LogP contribution in [-0.4, -0.2) is 31.3 Å². The maximum absolute atomic E-state index is 9.44. The lowest BCUT2D eigenvalue weighted by molar-refractivity contribution is -0.114. The van der Waals surface area contributed by atoms with Crippen LogP contribution in [0.1, 0.15) is 20.8 Å². The van der Waals surface area contributed by atoms with E-state index in [-0.39, 0.29) is 5.78 Å². The molecular formula is C7H17NO. The lowest BCUT2D eigenvalue weighted by atomic mass is 10.6. The second-order valence-corrected chi connectivity index (χ2v) is 2.30. The Morgan fingerprint density at radius 3 is 1.44 bits per heavy atom. The number of hydrogen-bond acceptors (Lipinski definition) is 2. The van der Waals surface area contributed by atoms with Crippen LogP contribution < -0.4 is 0 Å². The summed E-state index contributed by atoms with van der Waals surface area (Å²) >= 11 is 0. The van der Waals surface area contributed by atoms with E-state index >= 15 is 0 Å². The highest BCUT2D eigenvalue weighted by molar-refractivity contribution is 5.72. The Morgan fingerprint density at radius 1 is 1.33 bits per heavy atom. The molecule has 56 valence electrons. The first kappa shape index (κ1) is 11.4. The van der Waals surface area contributed by atoms with Gasteiger partial charge >= 0.3 is 0 Å². The summed E-state index contributed by atoms with van der Waals surface area (Å²) in [4.78, 5) is 11.6. The molecule has 0 N–H and O–H groups in total. The maximum atomic E-state index is 9.44. The average molecular weight is 131 g/mol. The first-order chi connectivity index (χ1) is 4.00. The molecule has 0 heterocycles. The quantitative estimate of drug-likeness (QED) is 0.532. The highest BCUT2D eigenvalue weighted by Crippen LogP contribution is 1.63. The van der Waals surface area contributed by atoms with Crippen molar-refractivity contribution in [2.75, 3.05) is 20.6 Å². The van der Waals surface area contributed by atoms with Gasteiger partial charge in [0.15, 0.2) is 0 Å². The number of carbonyl (C=O) groups is 1. The summed E-state index contributed by atoms with van der Waals surface area (Å²) in [5.74, 6) is 0.167. The summed E-state index contributed by atoms with van der Waals surface area (Å²) in [6.45, 7) is 6.32. The van der Waals surface area contributed by atoms with Crippen molar-refractivity contribution in [3.05, 3.63) is 0 Å². The molecule has 0 rings (SSSR count). The maximum Gasteiger partial charge on any atom is 0.126 e. The molecule has 0 aliphatic heterocycles. The first-order valence-corrected chi connectivity index (χ1v) is 3.12. The van der Waals surface area contributed by atoms with Crippen LogP contribution in [0.15, 0.2) is 0 Å². The molecule has 0 aromatic heterocycles. The van der Waals surface area contributed by atoms with Gasteiger partial charge < -0.3 is 9.69 Å². The van der Waals surface area contributed by atoms with Crippen LogP contribution >= 0.6 is 0 Å². The number of hydrogen-bond donors (Lipinski definition) is 0. The zero-order valence-electron chi connectivity index (χ0n) is 7.06. The minimum atomic E-state index is 0.167. The zero-order valence-corrected chi connectivity index (χ0v) is 7.06. The SMILES string of the molecule is CC(C)=O.CCN(C)C. The Bertz CT molecular complexity index is 65.3. The van der Waals surface area contributed by atoms with E-state index in [9.17, 15) is 4.79 Å². The Morgan fingerprint density at radius 2 is 1.44 bits per heavy atom. The fourth-order valence-electron chi connectivity index (χ4n) is 0. The van der Waals surface area contributed by atoms with Crippen molar-refractivity contribution in [2.45, 2.75) is 20.8 Å². The molecule has 0 aliphatic rings.